The quantitative estimate of drug-likeness (QED) is 0.763. The normalized spacial score (nSPS) is 12.7. The summed E-state index contributed by atoms with van der Waals surface area (Å²) < 4.78 is 5.25. The van der Waals surface area contributed by atoms with E-state index in [9.17, 15) is 5.11 Å². The number of benzene rings is 2. The number of aliphatic hydroxyl groups excluding tert-OH is 1. The molecule has 2 nitrogen and oxygen atoms in total. The second kappa shape index (κ2) is 4.90. The van der Waals surface area contributed by atoms with Crippen molar-refractivity contribution in [3.63, 3.8) is 0 Å². The highest BCUT2D eigenvalue weighted by Gasteiger charge is 2.12. The van der Waals surface area contributed by atoms with Crippen molar-refractivity contribution in [3.05, 3.63) is 71.7 Å². The van der Waals surface area contributed by atoms with Crippen LogP contribution < -0.4 is 0 Å². The minimum atomic E-state index is -0.525. The van der Waals surface area contributed by atoms with Gasteiger partial charge in [0.05, 0.1) is 12.4 Å². The van der Waals surface area contributed by atoms with E-state index < -0.39 is 6.10 Å². The molecular weight excluding hydrogens is 236 g/mol. The number of hydrogen-bond acceptors (Lipinski definition) is 2. The lowest BCUT2D eigenvalue weighted by Gasteiger charge is -2.11. The molecule has 1 aromatic heterocycles. The third-order valence-electron chi connectivity index (χ3n) is 3.43. The molecule has 0 amide bonds. The van der Waals surface area contributed by atoms with Crippen molar-refractivity contribution in [3.8, 4) is 0 Å². The molecule has 0 spiro atoms. The molecule has 0 aliphatic carbocycles. The van der Waals surface area contributed by atoms with Crippen molar-refractivity contribution in [2.24, 2.45) is 0 Å². The van der Waals surface area contributed by atoms with Gasteiger partial charge in [-0.15, -0.1) is 0 Å². The van der Waals surface area contributed by atoms with Crippen LogP contribution in [0, 0.1) is 6.92 Å². The van der Waals surface area contributed by atoms with Crippen LogP contribution in [0.4, 0.5) is 0 Å². The van der Waals surface area contributed by atoms with Crippen LogP contribution in [0.2, 0.25) is 0 Å². The van der Waals surface area contributed by atoms with Crippen molar-refractivity contribution in [2.45, 2.75) is 19.4 Å². The average molecular weight is 252 g/mol. The lowest BCUT2D eigenvalue weighted by molar-refractivity contribution is 0.178. The van der Waals surface area contributed by atoms with Crippen molar-refractivity contribution in [1.29, 1.82) is 0 Å². The van der Waals surface area contributed by atoms with E-state index in [0.717, 1.165) is 16.9 Å². The first kappa shape index (κ1) is 12.0. The molecule has 2 heteroatoms. The van der Waals surface area contributed by atoms with Crippen LogP contribution in [0.5, 0.6) is 0 Å². The number of aliphatic hydroxyl groups is 1. The fraction of sp³-hybridized carbons (Fsp3) is 0.176. The van der Waals surface area contributed by atoms with E-state index >= 15 is 0 Å². The average Bonchev–Trinajstić information content (AvgIpc) is 2.86. The Labute approximate surface area is 112 Å². The van der Waals surface area contributed by atoms with E-state index in [-0.39, 0.29) is 0 Å². The summed E-state index contributed by atoms with van der Waals surface area (Å²) in [6.07, 6.45) is 1.70. The Morgan fingerprint density at radius 3 is 2.68 bits per heavy atom. The molecular formula is C17H16O2. The van der Waals surface area contributed by atoms with Gasteiger partial charge in [0, 0.05) is 12.0 Å². The highest BCUT2D eigenvalue weighted by Crippen LogP contribution is 2.25. The Morgan fingerprint density at radius 2 is 1.89 bits per heavy atom. The van der Waals surface area contributed by atoms with Gasteiger partial charge in [0.1, 0.15) is 5.76 Å². The number of fused-ring (bicyclic) bond motifs is 1. The molecule has 0 saturated heterocycles. The SMILES string of the molecule is Cc1cc(C(O)Cc2cccc3ccccc23)co1. The largest absolute Gasteiger partial charge is 0.469 e. The van der Waals surface area contributed by atoms with E-state index in [1.165, 1.54) is 10.8 Å². The standard InChI is InChI=1S/C17H16O2/c1-12-9-15(11-19-12)17(18)10-14-7-4-6-13-5-2-3-8-16(13)14/h2-9,11,17-18H,10H2,1H3. The topological polar surface area (TPSA) is 33.4 Å². The maximum absolute atomic E-state index is 10.3. The molecule has 0 bridgehead atoms. The summed E-state index contributed by atoms with van der Waals surface area (Å²) in [5.41, 5.74) is 2.00. The molecule has 0 radical (unpaired) electrons. The van der Waals surface area contributed by atoms with Crippen LogP contribution in [-0.4, -0.2) is 5.11 Å². The van der Waals surface area contributed by atoms with Crippen LogP contribution in [0.25, 0.3) is 10.8 Å². The van der Waals surface area contributed by atoms with Crippen molar-refractivity contribution >= 4 is 10.8 Å². The van der Waals surface area contributed by atoms with Crippen LogP contribution in [0.15, 0.2) is 59.2 Å². The monoisotopic (exact) mass is 252 g/mol. The van der Waals surface area contributed by atoms with Crippen molar-refractivity contribution < 1.29 is 9.52 Å². The molecule has 0 aliphatic heterocycles. The van der Waals surface area contributed by atoms with Gasteiger partial charge >= 0.3 is 0 Å². The zero-order valence-electron chi connectivity index (χ0n) is 10.8. The minimum Gasteiger partial charge on any atom is -0.469 e. The third kappa shape index (κ3) is 2.40. The second-order valence-corrected chi connectivity index (χ2v) is 4.85. The van der Waals surface area contributed by atoms with Crippen molar-refractivity contribution in [1.82, 2.24) is 0 Å². The van der Waals surface area contributed by atoms with Crippen LogP contribution in [0.3, 0.4) is 0 Å². The summed E-state index contributed by atoms with van der Waals surface area (Å²) in [6.45, 7) is 1.88. The summed E-state index contributed by atoms with van der Waals surface area (Å²) >= 11 is 0. The molecule has 1 atom stereocenters. The molecule has 3 aromatic rings. The van der Waals surface area contributed by atoms with Crippen LogP contribution >= 0.6 is 0 Å². The molecule has 2 aromatic carbocycles. The van der Waals surface area contributed by atoms with E-state index in [2.05, 4.69) is 24.3 Å². The second-order valence-electron chi connectivity index (χ2n) is 4.85. The molecule has 0 saturated carbocycles. The molecule has 1 unspecified atom stereocenters. The zero-order valence-corrected chi connectivity index (χ0v) is 10.8. The lowest BCUT2D eigenvalue weighted by Crippen LogP contribution is -2.01. The molecule has 0 fully saturated rings. The van der Waals surface area contributed by atoms with E-state index in [0.29, 0.717) is 6.42 Å². The third-order valence-corrected chi connectivity index (χ3v) is 3.43. The maximum Gasteiger partial charge on any atom is 0.101 e. The summed E-state index contributed by atoms with van der Waals surface area (Å²) in [5.74, 6) is 0.826. The van der Waals surface area contributed by atoms with Gasteiger partial charge in [-0.05, 0) is 29.3 Å². The van der Waals surface area contributed by atoms with E-state index in [1.807, 2.05) is 31.2 Å². The van der Waals surface area contributed by atoms with Gasteiger partial charge in [0.2, 0.25) is 0 Å². The first-order valence-corrected chi connectivity index (χ1v) is 6.44. The van der Waals surface area contributed by atoms with Crippen LogP contribution in [-0.2, 0) is 6.42 Å². The predicted molar refractivity (Wildman–Crippen MR) is 76.1 cm³/mol. The fourth-order valence-electron chi connectivity index (χ4n) is 2.44. The highest BCUT2D eigenvalue weighted by molar-refractivity contribution is 5.85. The molecule has 0 aliphatic rings. The number of hydrogen-bond donors (Lipinski definition) is 1. The number of rotatable bonds is 3. The van der Waals surface area contributed by atoms with Gasteiger partial charge < -0.3 is 9.52 Å². The van der Waals surface area contributed by atoms with Gasteiger partial charge in [0.25, 0.3) is 0 Å². The Bertz CT molecular complexity index is 692. The Hall–Kier alpha value is -2.06. The Kier molecular flexibility index (Phi) is 3.10. The fourth-order valence-corrected chi connectivity index (χ4v) is 2.44. The molecule has 3 rings (SSSR count). The first-order valence-electron chi connectivity index (χ1n) is 6.44. The molecule has 96 valence electrons. The number of aryl methyl sites for hydroxylation is 1. The Morgan fingerprint density at radius 1 is 1.11 bits per heavy atom. The summed E-state index contributed by atoms with van der Waals surface area (Å²) in [6, 6.07) is 16.3. The summed E-state index contributed by atoms with van der Waals surface area (Å²) in [5, 5.41) is 12.7. The lowest BCUT2D eigenvalue weighted by atomic mass is 9.98. The van der Waals surface area contributed by atoms with E-state index in [1.54, 1.807) is 6.26 Å². The first-order chi connectivity index (χ1) is 9.24. The van der Waals surface area contributed by atoms with Gasteiger partial charge in [0.15, 0.2) is 0 Å². The molecule has 1 N–H and O–H groups in total. The van der Waals surface area contributed by atoms with Crippen LogP contribution in [0.1, 0.15) is 23.0 Å². The zero-order chi connectivity index (χ0) is 13.2. The van der Waals surface area contributed by atoms with Gasteiger partial charge in [-0.25, -0.2) is 0 Å². The minimum absolute atomic E-state index is 0.525. The molecule has 19 heavy (non-hydrogen) atoms. The highest BCUT2D eigenvalue weighted by atomic mass is 16.3. The summed E-state index contributed by atoms with van der Waals surface area (Å²) in [4.78, 5) is 0. The number of furan rings is 1. The Balaban J connectivity index is 1.93. The maximum atomic E-state index is 10.3. The predicted octanol–water partition coefficient (Wildman–Crippen LogP) is 4.02. The van der Waals surface area contributed by atoms with Gasteiger partial charge in [-0.2, -0.15) is 0 Å². The van der Waals surface area contributed by atoms with Gasteiger partial charge in [-0.1, -0.05) is 42.5 Å². The summed E-state index contributed by atoms with van der Waals surface area (Å²) in [7, 11) is 0. The van der Waals surface area contributed by atoms with Crippen molar-refractivity contribution in [2.75, 3.05) is 0 Å². The molecule has 1 heterocycles. The van der Waals surface area contributed by atoms with Gasteiger partial charge in [-0.3, -0.25) is 0 Å². The van der Waals surface area contributed by atoms with E-state index in [4.69, 9.17) is 4.42 Å². The smallest absolute Gasteiger partial charge is 0.101 e.